The van der Waals surface area contributed by atoms with E-state index < -0.39 is 10.0 Å². The molecule has 5 heteroatoms. The lowest BCUT2D eigenvalue weighted by Crippen LogP contribution is -2.30. The molecule has 0 aliphatic carbocycles. The van der Waals surface area contributed by atoms with Gasteiger partial charge in [0.05, 0.1) is 4.90 Å². The summed E-state index contributed by atoms with van der Waals surface area (Å²) >= 11 is 0. The number of nitrogens with one attached hydrogen (secondary N) is 1. The molecule has 1 unspecified atom stereocenters. The van der Waals surface area contributed by atoms with Crippen molar-refractivity contribution in [2.24, 2.45) is 5.14 Å². The highest BCUT2D eigenvalue weighted by molar-refractivity contribution is 7.89. The zero-order valence-corrected chi connectivity index (χ0v) is 12.0. The van der Waals surface area contributed by atoms with Crippen LogP contribution in [0.3, 0.4) is 0 Å². The summed E-state index contributed by atoms with van der Waals surface area (Å²) in [5.74, 6) is 0. The molecule has 0 saturated carbocycles. The molecule has 3 N–H and O–H groups in total. The van der Waals surface area contributed by atoms with Crippen molar-refractivity contribution in [2.75, 3.05) is 0 Å². The Balaban J connectivity index is 2.79. The van der Waals surface area contributed by atoms with E-state index in [2.05, 4.69) is 26.1 Å². The van der Waals surface area contributed by atoms with Gasteiger partial charge in [-0.15, -0.1) is 0 Å². The Morgan fingerprint density at radius 3 is 2.06 bits per heavy atom. The second kappa shape index (κ2) is 6.31. The largest absolute Gasteiger partial charge is 0.307 e. The van der Waals surface area contributed by atoms with E-state index >= 15 is 0 Å². The van der Waals surface area contributed by atoms with Crippen LogP contribution in [0.2, 0.25) is 0 Å². The van der Waals surface area contributed by atoms with Crippen LogP contribution in [0.5, 0.6) is 0 Å². The van der Waals surface area contributed by atoms with Gasteiger partial charge in [-0.2, -0.15) is 0 Å². The first kappa shape index (κ1) is 15.1. The highest BCUT2D eigenvalue weighted by atomic mass is 32.2. The molecule has 0 aliphatic rings. The minimum atomic E-state index is -3.60. The van der Waals surface area contributed by atoms with Gasteiger partial charge in [-0.1, -0.05) is 26.0 Å². The van der Waals surface area contributed by atoms with Crippen molar-refractivity contribution in [1.29, 1.82) is 0 Å². The smallest absolute Gasteiger partial charge is 0.238 e. The Morgan fingerprint density at radius 1 is 1.17 bits per heavy atom. The predicted octanol–water partition coefficient (Wildman–Crippen LogP) is 2.17. The maximum Gasteiger partial charge on any atom is 0.238 e. The molecule has 0 saturated heterocycles. The Kier molecular flexibility index (Phi) is 5.31. The lowest BCUT2D eigenvalue weighted by molar-refractivity contribution is 0.432. The van der Waals surface area contributed by atoms with Crippen LogP contribution in [0.15, 0.2) is 29.2 Å². The zero-order chi connectivity index (χ0) is 13.8. The van der Waals surface area contributed by atoms with E-state index in [1.165, 1.54) is 0 Å². The molecule has 0 amide bonds. The number of primary sulfonamides is 1. The van der Waals surface area contributed by atoms with Gasteiger partial charge in [-0.05, 0) is 37.5 Å². The molecule has 0 fully saturated rings. The monoisotopic (exact) mass is 270 g/mol. The molecule has 1 rings (SSSR count). The van der Waals surface area contributed by atoms with Crippen molar-refractivity contribution in [2.45, 2.75) is 50.6 Å². The summed E-state index contributed by atoms with van der Waals surface area (Å²) in [5, 5.41) is 8.57. The van der Waals surface area contributed by atoms with Gasteiger partial charge in [0.15, 0.2) is 0 Å². The van der Waals surface area contributed by atoms with Crippen molar-refractivity contribution in [3.8, 4) is 0 Å². The van der Waals surface area contributed by atoms with Crippen molar-refractivity contribution in [3.05, 3.63) is 29.8 Å². The Labute approximate surface area is 110 Å². The highest BCUT2D eigenvalue weighted by Gasteiger charge is 2.12. The fraction of sp³-hybridized carbons (Fsp3) is 0.538. The molecule has 0 bridgehead atoms. The molecule has 0 spiro atoms. The van der Waals surface area contributed by atoms with Crippen LogP contribution >= 0.6 is 0 Å². The van der Waals surface area contributed by atoms with Crippen molar-refractivity contribution in [3.63, 3.8) is 0 Å². The molecule has 0 aromatic heterocycles. The van der Waals surface area contributed by atoms with Crippen LogP contribution in [0, 0.1) is 0 Å². The molecular weight excluding hydrogens is 248 g/mol. The first-order valence-corrected chi connectivity index (χ1v) is 7.81. The van der Waals surface area contributed by atoms with E-state index in [0.29, 0.717) is 6.04 Å². The molecule has 1 atom stereocenters. The highest BCUT2D eigenvalue weighted by Crippen LogP contribution is 2.17. The number of sulfonamides is 1. The fourth-order valence-corrected chi connectivity index (χ4v) is 2.44. The number of hydrogen-bond acceptors (Lipinski definition) is 3. The van der Waals surface area contributed by atoms with Gasteiger partial charge in [0, 0.05) is 12.1 Å². The molecule has 102 valence electrons. The quantitative estimate of drug-likeness (QED) is 0.832. The topological polar surface area (TPSA) is 72.2 Å². The van der Waals surface area contributed by atoms with Gasteiger partial charge in [0.25, 0.3) is 0 Å². The summed E-state index contributed by atoms with van der Waals surface area (Å²) in [7, 11) is -3.60. The average Bonchev–Trinajstić information content (AvgIpc) is 2.34. The molecule has 0 aliphatic heterocycles. The zero-order valence-electron chi connectivity index (χ0n) is 11.2. The number of hydrogen-bond donors (Lipinski definition) is 2. The SMILES string of the molecule is CCC(CC)NC(C)c1ccc(S(N)(=O)=O)cc1. The summed E-state index contributed by atoms with van der Waals surface area (Å²) in [6, 6.07) is 7.40. The lowest BCUT2D eigenvalue weighted by Gasteiger charge is -2.21. The van der Waals surface area contributed by atoms with Crippen LogP contribution < -0.4 is 10.5 Å². The van der Waals surface area contributed by atoms with E-state index in [1.807, 2.05) is 0 Å². The molecule has 0 heterocycles. The minimum absolute atomic E-state index is 0.154. The van der Waals surface area contributed by atoms with Gasteiger partial charge in [0.2, 0.25) is 10.0 Å². The molecule has 1 aromatic carbocycles. The second-order valence-electron chi connectivity index (χ2n) is 4.52. The predicted molar refractivity (Wildman–Crippen MR) is 73.7 cm³/mol. The maximum absolute atomic E-state index is 11.1. The van der Waals surface area contributed by atoms with Gasteiger partial charge in [0.1, 0.15) is 0 Å². The van der Waals surface area contributed by atoms with Crippen LogP contribution in [0.25, 0.3) is 0 Å². The van der Waals surface area contributed by atoms with E-state index in [9.17, 15) is 8.42 Å². The fourth-order valence-electron chi connectivity index (χ4n) is 1.92. The van der Waals surface area contributed by atoms with Gasteiger partial charge < -0.3 is 5.32 Å². The molecular formula is C13H22N2O2S. The van der Waals surface area contributed by atoms with Gasteiger partial charge >= 0.3 is 0 Å². The van der Waals surface area contributed by atoms with E-state index in [4.69, 9.17) is 5.14 Å². The summed E-state index contributed by atoms with van der Waals surface area (Å²) in [5.41, 5.74) is 1.06. The normalized spacial score (nSPS) is 13.8. The van der Waals surface area contributed by atoms with E-state index in [-0.39, 0.29) is 10.9 Å². The van der Waals surface area contributed by atoms with Crippen LogP contribution in [0.1, 0.15) is 45.2 Å². The Morgan fingerprint density at radius 2 is 1.67 bits per heavy atom. The third-order valence-corrected chi connectivity index (χ3v) is 4.11. The number of nitrogens with two attached hydrogens (primary N) is 1. The van der Waals surface area contributed by atoms with Gasteiger partial charge in [-0.25, -0.2) is 13.6 Å². The van der Waals surface area contributed by atoms with Crippen molar-refractivity contribution >= 4 is 10.0 Å². The summed E-state index contributed by atoms with van der Waals surface area (Å²) in [6.45, 7) is 6.38. The van der Waals surface area contributed by atoms with E-state index in [0.717, 1.165) is 18.4 Å². The number of rotatable bonds is 6. The lowest BCUT2D eigenvalue weighted by atomic mass is 10.1. The maximum atomic E-state index is 11.1. The van der Waals surface area contributed by atoms with Crippen LogP contribution in [-0.4, -0.2) is 14.5 Å². The third kappa shape index (κ3) is 4.08. The number of benzene rings is 1. The first-order valence-electron chi connectivity index (χ1n) is 6.27. The van der Waals surface area contributed by atoms with Crippen molar-refractivity contribution < 1.29 is 8.42 Å². The van der Waals surface area contributed by atoms with E-state index in [1.54, 1.807) is 24.3 Å². The first-order chi connectivity index (χ1) is 8.38. The molecule has 1 aromatic rings. The summed E-state index contributed by atoms with van der Waals surface area (Å²) < 4.78 is 22.3. The minimum Gasteiger partial charge on any atom is -0.307 e. The van der Waals surface area contributed by atoms with Gasteiger partial charge in [-0.3, -0.25) is 0 Å². The second-order valence-corrected chi connectivity index (χ2v) is 6.08. The summed E-state index contributed by atoms with van der Waals surface area (Å²) in [6.07, 6.45) is 2.16. The van der Waals surface area contributed by atoms with Crippen molar-refractivity contribution in [1.82, 2.24) is 5.32 Å². The van der Waals surface area contributed by atoms with Crippen LogP contribution in [0.4, 0.5) is 0 Å². The Hall–Kier alpha value is -0.910. The third-order valence-electron chi connectivity index (χ3n) is 3.18. The molecule has 0 radical (unpaired) electrons. The standard InChI is InChI=1S/C13H22N2O2S/c1-4-12(5-2)15-10(3)11-6-8-13(9-7-11)18(14,16)17/h6-10,12,15H,4-5H2,1-3H3,(H2,14,16,17). The average molecular weight is 270 g/mol. The molecule has 18 heavy (non-hydrogen) atoms. The molecule has 4 nitrogen and oxygen atoms in total. The summed E-state index contributed by atoms with van der Waals surface area (Å²) in [4.78, 5) is 0.154. The van der Waals surface area contributed by atoms with Crippen LogP contribution in [-0.2, 0) is 10.0 Å². The Bertz CT molecular complexity index is 464.